The highest BCUT2D eigenvalue weighted by Gasteiger charge is 2.39. The van der Waals surface area contributed by atoms with Crippen molar-refractivity contribution in [2.24, 2.45) is 0 Å². The molecule has 1 fully saturated rings. The second-order valence-corrected chi connectivity index (χ2v) is 5.87. The Morgan fingerprint density at radius 2 is 2.33 bits per heavy atom. The van der Waals surface area contributed by atoms with Gasteiger partial charge in [-0.05, 0) is 37.9 Å². The molecular weight excluding hydrogens is 288 g/mol. The summed E-state index contributed by atoms with van der Waals surface area (Å²) in [6, 6.07) is 5.49. The minimum absolute atomic E-state index is 0.0591. The van der Waals surface area contributed by atoms with E-state index >= 15 is 0 Å². The van der Waals surface area contributed by atoms with Crippen molar-refractivity contribution in [1.82, 2.24) is 10.6 Å². The molecule has 4 nitrogen and oxygen atoms in total. The van der Waals surface area contributed by atoms with Crippen molar-refractivity contribution in [1.29, 1.82) is 0 Å². The molecular formula is C16H23ClN2O2. The van der Waals surface area contributed by atoms with E-state index in [1.807, 2.05) is 12.1 Å². The van der Waals surface area contributed by atoms with E-state index in [0.29, 0.717) is 17.3 Å². The molecule has 1 heterocycles. The first-order chi connectivity index (χ1) is 10.1. The molecule has 1 aliphatic heterocycles. The first-order valence-electron chi connectivity index (χ1n) is 7.47. The number of carbonyl (C=O) groups excluding carboxylic acids is 1. The van der Waals surface area contributed by atoms with E-state index in [1.165, 1.54) is 0 Å². The highest BCUT2D eigenvalue weighted by atomic mass is 35.5. The van der Waals surface area contributed by atoms with Gasteiger partial charge in [0, 0.05) is 17.1 Å². The Labute approximate surface area is 131 Å². The molecule has 1 unspecified atom stereocenters. The third-order valence-corrected chi connectivity index (χ3v) is 4.43. The Bertz CT molecular complexity index is 499. The molecule has 0 aliphatic carbocycles. The van der Waals surface area contributed by atoms with Gasteiger partial charge in [-0.3, -0.25) is 4.79 Å². The lowest BCUT2D eigenvalue weighted by Crippen LogP contribution is -2.53. The first-order valence-corrected chi connectivity index (χ1v) is 7.85. The van der Waals surface area contributed by atoms with Crippen LogP contribution < -0.4 is 15.4 Å². The second kappa shape index (κ2) is 7.14. The van der Waals surface area contributed by atoms with Crippen molar-refractivity contribution in [2.75, 3.05) is 13.7 Å². The normalized spacial score (nSPS) is 21.3. The average molecular weight is 311 g/mol. The van der Waals surface area contributed by atoms with Gasteiger partial charge in [0.15, 0.2) is 0 Å². The predicted octanol–water partition coefficient (Wildman–Crippen LogP) is 2.89. The van der Waals surface area contributed by atoms with Crippen molar-refractivity contribution >= 4 is 17.5 Å². The zero-order valence-electron chi connectivity index (χ0n) is 12.7. The minimum atomic E-state index is -0.413. The van der Waals surface area contributed by atoms with Crippen LogP contribution in [0.1, 0.15) is 38.2 Å². The quantitative estimate of drug-likeness (QED) is 0.849. The number of amides is 1. The van der Waals surface area contributed by atoms with Crippen LogP contribution >= 0.6 is 11.6 Å². The largest absolute Gasteiger partial charge is 0.496 e. The van der Waals surface area contributed by atoms with Gasteiger partial charge in [-0.15, -0.1) is 0 Å². The molecule has 1 aliphatic rings. The number of methoxy groups -OCH3 is 1. The summed E-state index contributed by atoms with van der Waals surface area (Å²) in [7, 11) is 1.61. The third-order valence-electron chi connectivity index (χ3n) is 4.08. The maximum absolute atomic E-state index is 12.6. The van der Waals surface area contributed by atoms with Crippen molar-refractivity contribution < 1.29 is 9.53 Å². The fourth-order valence-corrected chi connectivity index (χ4v) is 3.23. The molecule has 1 saturated heterocycles. The van der Waals surface area contributed by atoms with Crippen LogP contribution in [-0.4, -0.2) is 25.1 Å². The molecule has 1 amide bonds. The van der Waals surface area contributed by atoms with Crippen molar-refractivity contribution in [3.05, 3.63) is 28.8 Å². The lowest BCUT2D eigenvalue weighted by molar-refractivity contribution is -0.127. The molecule has 0 bridgehead atoms. The molecule has 0 spiro atoms. The van der Waals surface area contributed by atoms with Gasteiger partial charge in [0.25, 0.3) is 0 Å². The Hall–Kier alpha value is -1.26. The molecule has 2 N–H and O–H groups in total. The van der Waals surface area contributed by atoms with E-state index in [0.717, 1.165) is 37.8 Å². The van der Waals surface area contributed by atoms with E-state index < -0.39 is 5.54 Å². The molecule has 2 rings (SSSR count). The summed E-state index contributed by atoms with van der Waals surface area (Å²) < 4.78 is 5.31. The number of halogens is 1. The Morgan fingerprint density at radius 3 is 2.95 bits per heavy atom. The summed E-state index contributed by atoms with van der Waals surface area (Å²) in [5.41, 5.74) is 0.406. The van der Waals surface area contributed by atoms with Crippen LogP contribution in [-0.2, 0) is 11.3 Å². The van der Waals surface area contributed by atoms with Gasteiger partial charge < -0.3 is 15.4 Å². The third kappa shape index (κ3) is 3.50. The maximum Gasteiger partial charge on any atom is 0.240 e. The fraction of sp³-hybridized carbons (Fsp3) is 0.562. The summed E-state index contributed by atoms with van der Waals surface area (Å²) in [6.45, 7) is 3.39. The summed E-state index contributed by atoms with van der Waals surface area (Å²) in [5, 5.41) is 7.00. The summed E-state index contributed by atoms with van der Waals surface area (Å²) in [6.07, 6.45) is 3.78. The monoisotopic (exact) mass is 310 g/mol. The summed E-state index contributed by atoms with van der Waals surface area (Å²) >= 11 is 6.20. The van der Waals surface area contributed by atoms with Crippen molar-refractivity contribution in [3.63, 3.8) is 0 Å². The molecule has 0 saturated carbocycles. The van der Waals surface area contributed by atoms with Crippen molar-refractivity contribution in [3.8, 4) is 5.75 Å². The second-order valence-electron chi connectivity index (χ2n) is 5.47. The highest BCUT2D eigenvalue weighted by Crippen LogP contribution is 2.28. The van der Waals surface area contributed by atoms with Gasteiger partial charge >= 0.3 is 0 Å². The van der Waals surface area contributed by atoms with E-state index in [1.54, 1.807) is 13.2 Å². The first kappa shape index (κ1) is 16.1. The number of rotatable bonds is 6. The molecule has 1 atom stereocenters. The van der Waals surface area contributed by atoms with Crippen LogP contribution in [0, 0.1) is 0 Å². The van der Waals surface area contributed by atoms with Gasteiger partial charge in [0.1, 0.15) is 5.75 Å². The van der Waals surface area contributed by atoms with Crippen LogP contribution in [0.5, 0.6) is 5.75 Å². The van der Waals surface area contributed by atoms with Gasteiger partial charge in [-0.2, -0.15) is 0 Å². The molecule has 0 radical (unpaired) electrons. The predicted molar refractivity (Wildman–Crippen MR) is 84.7 cm³/mol. The topological polar surface area (TPSA) is 50.4 Å². The van der Waals surface area contributed by atoms with Crippen LogP contribution in [0.25, 0.3) is 0 Å². The lowest BCUT2D eigenvalue weighted by Gasteiger charge is -2.28. The standard InChI is InChI=1S/C16H23ClN2O2/c1-3-8-16(9-5-10-19-16)15(20)18-11-12-13(17)6-4-7-14(12)21-2/h4,6-7,19H,3,5,8-11H2,1-2H3,(H,18,20). The fourth-order valence-electron chi connectivity index (χ4n) is 2.99. The Morgan fingerprint density at radius 1 is 1.52 bits per heavy atom. The maximum atomic E-state index is 12.6. The van der Waals surface area contributed by atoms with Crippen LogP contribution in [0.4, 0.5) is 0 Å². The zero-order valence-corrected chi connectivity index (χ0v) is 13.4. The highest BCUT2D eigenvalue weighted by molar-refractivity contribution is 6.31. The lowest BCUT2D eigenvalue weighted by atomic mass is 9.91. The summed E-state index contributed by atoms with van der Waals surface area (Å²) in [4.78, 5) is 12.6. The number of nitrogens with one attached hydrogen (secondary N) is 2. The molecule has 116 valence electrons. The molecule has 1 aromatic rings. The van der Waals surface area contributed by atoms with E-state index in [4.69, 9.17) is 16.3 Å². The zero-order chi connectivity index (χ0) is 15.3. The van der Waals surface area contributed by atoms with E-state index in [9.17, 15) is 4.79 Å². The molecule has 5 heteroatoms. The summed E-state index contributed by atoms with van der Waals surface area (Å²) in [5.74, 6) is 0.760. The molecule has 21 heavy (non-hydrogen) atoms. The number of benzene rings is 1. The van der Waals surface area contributed by atoms with Gasteiger partial charge in [0.05, 0.1) is 12.6 Å². The number of hydrogen-bond acceptors (Lipinski definition) is 3. The van der Waals surface area contributed by atoms with Crippen molar-refractivity contribution in [2.45, 2.75) is 44.7 Å². The van der Waals surface area contributed by atoms with E-state index in [2.05, 4.69) is 17.6 Å². The van der Waals surface area contributed by atoms with Crippen LogP contribution in [0.3, 0.4) is 0 Å². The number of carbonyl (C=O) groups is 1. The van der Waals surface area contributed by atoms with Gasteiger partial charge in [-0.1, -0.05) is 31.0 Å². The van der Waals surface area contributed by atoms with Gasteiger partial charge in [-0.25, -0.2) is 0 Å². The smallest absolute Gasteiger partial charge is 0.240 e. The SMILES string of the molecule is CCCC1(C(=O)NCc2c(Cl)cccc2OC)CCCN1. The number of ether oxygens (including phenoxy) is 1. The molecule has 1 aromatic carbocycles. The molecule has 0 aromatic heterocycles. The Balaban J connectivity index is 2.07. The average Bonchev–Trinajstić information content (AvgIpc) is 2.95. The van der Waals surface area contributed by atoms with Crippen LogP contribution in [0.2, 0.25) is 5.02 Å². The Kier molecular flexibility index (Phi) is 5.48. The van der Waals surface area contributed by atoms with Gasteiger partial charge in [0.2, 0.25) is 5.91 Å². The number of hydrogen-bond donors (Lipinski definition) is 2. The van der Waals surface area contributed by atoms with E-state index in [-0.39, 0.29) is 5.91 Å². The minimum Gasteiger partial charge on any atom is -0.496 e. The van der Waals surface area contributed by atoms with Crippen LogP contribution in [0.15, 0.2) is 18.2 Å².